The van der Waals surface area contributed by atoms with Crippen LogP contribution in [-0.2, 0) is 11.4 Å². The monoisotopic (exact) mass is 693 g/mol. The van der Waals surface area contributed by atoms with Gasteiger partial charge in [0, 0.05) is 26.9 Å². The van der Waals surface area contributed by atoms with Gasteiger partial charge >= 0.3 is 0 Å². The molecule has 10 heteroatoms. The Labute approximate surface area is 277 Å². The molecule has 1 unspecified atom stereocenters. The van der Waals surface area contributed by atoms with Crippen molar-refractivity contribution in [2.24, 2.45) is 4.99 Å². The molecule has 1 aliphatic heterocycles. The van der Waals surface area contributed by atoms with Gasteiger partial charge in [-0.25, -0.2) is 4.99 Å². The van der Waals surface area contributed by atoms with Crippen LogP contribution < -0.4 is 29.1 Å². The first kappa shape index (κ1) is 31.0. The van der Waals surface area contributed by atoms with Crippen LogP contribution >= 0.6 is 27.3 Å². The Morgan fingerprint density at radius 1 is 1.04 bits per heavy atom. The van der Waals surface area contributed by atoms with Gasteiger partial charge in [-0.05, 0) is 60.5 Å². The minimum Gasteiger partial charge on any atom is -0.496 e. The van der Waals surface area contributed by atoms with Crippen LogP contribution in [0.15, 0.2) is 98.3 Å². The number of ether oxygens (including phenoxy) is 3. The molecule has 0 bridgehead atoms. The van der Waals surface area contributed by atoms with Crippen LogP contribution in [0.3, 0.4) is 0 Å². The van der Waals surface area contributed by atoms with E-state index in [-0.39, 0.29) is 17.9 Å². The number of rotatable bonds is 8. The molecule has 230 valence electrons. The summed E-state index contributed by atoms with van der Waals surface area (Å²) in [4.78, 5) is 32.6. The van der Waals surface area contributed by atoms with E-state index >= 15 is 0 Å². The van der Waals surface area contributed by atoms with Gasteiger partial charge < -0.3 is 14.2 Å². The summed E-state index contributed by atoms with van der Waals surface area (Å²) in [5, 5.41) is 11.3. The SMILES string of the molecule is COc1cc(/C=c2/sc3n(c2=O)C(c2c(OC)ccc4ccccc24)C(C(C)=O)=C(C)N=3)c(Br)cc1OCc1ccccc1C#N. The molecule has 5 aromatic rings. The predicted molar refractivity (Wildman–Crippen MR) is 181 cm³/mol. The number of hydrogen-bond donors (Lipinski definition) is 0. The highest BCUT2D eigenvalue weighted by Gasteiger charge is 2.34. The normalized spacial score (nSPS) is 14.4. The van der Waals surface area contributed by atoms with Gasteiger partial charge in [0.25, 0.3) is 5.56 Å². The predicted octanol–water partition coefficient (Wildman–Crippen LogP) is 6.21. The van der Waals surface area contributed by atoms with Crippen LogP contribution in [0, 0.1) is 11.3 Å². The van der Waals surface area contributed by atoms with Crippen molar-refractivity contribution in [1.82, 2.24) is 4.57 Å². The molecule has 2 heterocycles. The van der Waals surface area contributed by atoms with Crippen molar-refractivity contribution in [3.63, 3.8) is 0 Å². The summed E-state index contributed by atoms with van der Waals surface area (Å²) in [6, 6.07) is 23.9. The van der Waals surface area contributed by atoms with Gasteiger partial charge in [-0.15, -0.1) is 0 Å². The molecule has 1 aliphatic rings. The lowest BCUT2D eigenvalue weighted by Gasteiger charge is -2.27. The number of carbonyl (C=O) groups is 1. The molecule has 0 spiro atoms. The average molecular weight is 695 g/mol. The lowest BCUT2D eigenvalue weighted by molar-refractivity contribution is -0.114. The highest BCUT2D eigenvalue weighted by Crippen LogP contribution is 2.40. The second-order valence-electron chi connectivity index (χ2n) is 10.6. The number of thiazole rings is 1. The number of allylic oxidation sites excluding steroid dienone is 2. The van der Waals surface area contributed by atoms with E-state index in [9.17, 15) is 14.9 Å². The van der Waals surface area contributed by atoms with E-state index in [0.717, 1.165) is 21.9 Å². The third-order valence-electron chi connectivity index (χ3n) is 7.92. The number of hydrogen-bond acceptors (Lipinski definition) is 8. The molecule has 0 fully saturated rings. The van der Waals surface area contributed by atoms with Gasteiger partial charge in [0.1, 0.15) is 12.4 Å². The second-order valence-corrected chi connectivity index (χ2v) is 12.5. The Morgan fingerprint density at radius 2 is 1.78 bits per heavy atom. The van der Waals surface area contributed by atoms with Crippen molar-refractivity contribution in [3.05, 3.63) is 130 Å². The number of carbonyl (C=O) groups excluding carboxylic acids is 1. The number of benzene rings is 4. The molecule has 0 radical (unpaired) electrons. The number of halogens is 1. The van der Waals surface area contributed by atoms with Crippen LogP contribution in [0.25, 0.3) is 16.8 Å². The van der Waals surface area contributed by atoms with E-state index in [1.807, 2.05) is 48.5 Å². The zero-order chi connectivity index (χ0) is 32.5. The Hall–Kier alpha value is -4.98. The quantitative estimate of drug-likeness (QED) is 0.192. The Morgan fingerprint density at radius 3 is 2.52 bits per heavy atom. The van der Waals surface area contributed by atoms with Gasteiger partial charge in [-0.1, -0.05) is 75.8 Å². The van der Waals surface area contributed by atoms with Gasteiger partial charge in [0.15, 0.2) is 22.1 Å². The molecule has 0 amide bonds. The van der Waals surface area contributed by atoms with Crippen molar-refractivity contribution >= 4 is 49.9 Å². The largest absolute Gasteiger partial charge is 0.496 e. The van der Waals surface area contributed by atoms with E-state index in [2.05, 4.69) is 22.0 Å². The maximum absolute atomic E-state index is 14.3. The van der Waals surface area contributed by atoms with Crippen molar-refractivity contribution in [3.8, 4) is 23.3 Å². The lowest BCUT2D eigenvalue weighted by atomic mass is 9.89. The zero-order valence-corrected chi connectivity index (χ0v) is 27.9. The number of nitriles is 1. The molecule has 0 saturated heterocycles. The van der Waals surface area contributed by atoms with Crippen LogP contribution in [-0.4, -0.2) is 24.6 Å². The molecule has 0 N–H and O–H groups in total. The first-order valence-corrected chi connectivity index (χ1v) is 15.9. The Kier molecular flexibility index (Phi) is 8.63. The van der Waals surface area contributed by atoms with E-state index in [0.29, 0.717) is 53.5 Å². The van der Waals surface area contributed by atoms with Crippen molar-refractivity contribution < 1.29 is 19.0 Å². The van der Waals surface area contributed by atoms with E-state index in [1.54, 1.807) is 56.1 Å². The van der Waals surface area contributed by atoms with E-state index in [4.69, 9.17) is 19.2 Å². The van der Waals surface area contributed by atoms with Gasteiger partial charge in [-0.2, -0.15) is 5.26 Å². The number of methoxy groups -OCH3 is 2. The van der Waals surface area contributed by atoms with E-state index < -0.39 is 6.04 Å². The van der Waals surface area contributed by atoms with Gasteiger partial charge in [0.2, 0.25) is 0 Å². The molecule has 46 heavy (non-hydrogen) atoms. The van der Waals surface area contributed by atoms with Crippen molar-refractivity contribution in [2.75, 3.05) is 14.2 Å². The van der Waals surface area contributed by atoms with Crippen molar-refractivity contribution in [2.45, 2.75) is 26.5 Å². The fourth-order valence-corrected chi connectivity index (χ4v) is 7.24. The lowest BCUT2D eigenvalue weighted by Crippen LogP contribution is -2.39. The summed E-state index contributed by atoms with van der Waals surface area (Å²) < 4.78 is 20.2. The fraction of sp³-hybridized carbons (Fsp3) is 0.167. The fourth-order valence-electron chi connectivity index (χ4n) is 5.77. The maximum atomic E-state index is 14.3. The Balaban J connectivity index is 1.48. The average Bonchev–Trinajstić information content (AvgIpc) is 3.37. The third kappa shape index (κ3) is 5.53. The minimum absolute atomic E-state index is 0.170. The summed E-state index contributed by atoms with van der Waals surface area (Å²) in [6.07, 6.45) is 1.77. The van der Waals surface area contributed by atoms with Crippen LogP contribution in [0.4, 0.5) is 0 Å². The second kappa shape index (κ2) is 12.8. The molecule has 1 atom stereocenters. The van der Waals surface area contributed by atoms with Crippen LogP contribution in [0.2, 0.25) is 0 Å². The number of aromatic nitrogens is 1. The summed E-state index contributed by atoms with van der Waals surface area (Å²) in [5.74, 6) is 1.35. The number of nitrogens with zero attached hydrogens (tertiary/aromatic N) is 3. The highest BCUT2D eigenvalue weighted by atomic mass is 79.9. The summed E-state index contributed by atoms with van der Waals surface area (Å²) >= 11 is 4.88. The van der Waals surface area contributed by atoms with Gasteiger partial charge in [0.05, 0.1) is 36.4 Å². The topological polar surface area (TPSA) is 103 Å². The molecule has 0 aliphatic carbocycles. The van der Waals surface area contributed by atoms with Crippen LogP contribution in [0.1, 0.15) is 42.1 Å². The number of ketones is 1. The highest BCUT2D eigenvalue weighted by molar-refractivity contribution is 9.10. The zero-order valence-electron chi connectivity index (χ0n) is 25.5. The first-order valence-electron chi connectivity index (χ1n) is 14.3. The third-order valence-corrected chi connectivity index (χ3v) is 9.59. The molecule has 8 nitrogen and oxygen atoms in total. The number of Topliss-reactive ketones (excluding diaryl/α,β-unsaturated/α-hetero) is 1. The summed E-state index contributed by atoms with van der Waals surface area (Å²) in [5.41, 5.74) is 3.43. The molecular weight excluding hydrogens is 666 g/mol. The minimum atomic E-state index is -0.734. The molecule has 6 rings (SSSR count). The molecular formula is C36H28BrN3O5S. The summed E-state index contributed by atoms with van der Waals surface area (Å²) in [6.45, 7) is 3.48. The van der Waals surface area contributed by atoms with Gasteiger partial charge in [-0.3, -0.25) is 14.2 Å². The van der Waals surface area contributed by atoms with Crippen LogP contribution in [0.5, 0.6) is 17.2 Å². The maximum Gasteiger partial charge on any atom is 0.271 e. The molecule has 1 aromatic heterocycles. The Bertz CT molecular complexity index is 2300. The summed E-state index contributed by atoms with van der Waals surface area (Å²) in [7, 11) is 3.13. The smallest absolute Gasteiger partial charge is 0.271 e. The molecule has 0 saturated carbocycles. The first-order chi connectivity index (χ1) is 22.2. The standard InChI is InChI=1S/C36H28BrN3O5S/c1-20-32(21(2)41)34(33-26-12-8-7-9-22(26)13-14-28(33)43-3)40-35(42)31(46-36(40)39-20)16-25-15-29(44-4)30(17-27(25)37)45-19-24-11-6-5-10-23(24)18-38/h5-17,34H,19H2,1-4H3/b31-16+. The van der Waals surface area contributed by atoms with Crippen molar-refractivity contribution in [1.29, 1.82) is 5.26 Å². The molecule has 4 aromatic carbocycles. The number of fused-ring (bicyclic) bond motifs is 2. The van der Waals surface area contributed by atoms with E-state index in [1.165, 1.54) is 18.3 Å².